The van der Waals surface area contributed by atoms with Gasteiger partial charge in [-0.25, -0.2) is 9.37 Å². The van der Waals surface area contributed by atoms with E-state index in [1.165, 1.54) is 6.20 Å². The summed E-state index contributed by atoms with van der Waals surface area (Å²) in [5.41, 5.74) is 0.622. The zero-order chi connectivity index (χ0) is 15.9. The van der Waals surface area contributed by atoms with Crippen molar-refractivity contribution >= 4 is 21.8 Å². The van der Waals surface area contributed by atoms with Crippen molar-refractivity contribution in [2.45, 2.75) is 0 Å². The molecule has 0 radical (unpaired) electrons. The largest absolute Gasteiger partial charge is 0.474 e. The molecular weight excluding hydrogens is 353 g/mol. The number of benzene rings is 1. The van der Waals surface area contributed by atoms with Crippen LogP contribution in [0.1, 0.15) is 15.9 Å². The molecule has 7 heteroatoms. The smallest absolute Gasteiger partial charge is 0.252 e. The molecule has 5 nitrogen and oxygen atoms in total. The fourth-order valence-electron chi connectivity index (χ4n) is 1.65. The summed E-state index contributed by atoms with van der Waals surface area (Å²) < 4.78 is 19.3. The minimum atomic E-state index is -0.712. The molecule has 0 aliphatic rings. The lowest BCUT2D eigenvalue weighted by Crippen LogP contribution is -2.28. The van der Waals surface area contributed by atoms with E-state index >= 15 is 0 Å². The summed E-state index contributed by atoms with van der Waals surface area (Å²) in [6.07, 6.45) is 1.22. The van der Waals surface area contributed by atoms with E-state index in [-0.39, 0.29) is 30.5 Å². The van der Waals surface area contributed by atoms with Gasteiger partial charge in [-0.2, -0.15) is 5.26 Å². The molecule has 1 aromatic carbocycles. The Labute approximate surface area is 134 Å². The van der Waals surface area contributed by atoms with Crippen LogP contribution >= 0.6 is 15.9 Å². The first-order valence-electron chi connectivity index (χ1n) is 6.33. The van der Waals surface area contributed by atoms with Crippen LogP contribution in [-0.2, 0) is 0 Å². The van der Waals surface area contributed by atoms with Crippen molar-refractivity contribution in [3.8, 4) is 11.9 Å². The molecule has 1 N–H and O–H groups in total. The van der Waals surface area contributed by atoms with Crippen LogP contribution in [0.4, 0.5) is 4.39 Å². The predicted molar refractivity (Wildman–Crippen MR) is 80.9 cm³/mol. The van der Waals surface area contributed by atoms with E-state index in [4.69, 9.17) is 10.00 Å². The lowest BCUT2D eigenvalue weighted by atomic mass is 10.2. The molecule has 0 bridgehead atoms. The Morgan fingerprint density at radius 3 is 2.91 bits per heavy atom. The number of amides is 1. The highest BCUT2D eigenvalue weighted by atomic mass is 79.9. The molecule has 0 spiro atoms. The highest BCUT2D eigenvalue weighted by Gasteiger charge is 2.09. The van der Waals surface area contributed by atoms with E-state index in [1.807, 2.05) is 6.07 Å². The molecule has 22 heavy (non-hydrogen) atoms. The summed E-state index contributed by atoms with van der Waals surface area (Å²) in [7, 11) is 0. The van der Waals surface area contributed by atoms with E-state index in [0.717, 1.165) is 6.07 Å². The molecule has 2 rings (SSSR count). The number of halogens is 2. The monoisotopic (exact) mass is 363 g/mol. The van der Waals surface area contributed by atoms with E-state index in [9.17, 15) is 9.18 Å². The molecule has 0 fully saturated rings. The Kier molecular flexibility index (Phi) is 5.44. The Balaban J connectivity index is 1.84. The maximum atomic E-state index is 13.5. The molecule has 1 amide bonds. The van der Waals surface area contributed by atoms with Crippen LogP contribution < -0.4 is 10.1 Å². The second-order valence-electron chi connectivity index (χ2n) is 4.21. The SMILES string of the molecule is N#Cc1cnc(OCCNC(=O)c2ccccc2Br)c(F)c1. The van der Waals surface area contributed by atoms with Crippen LogP contribution in [0.3, 0.4) is 0 Å². The number of nitrogens with one attached hydrogen (secondary N) is 1. The molecule has 112 valence electrons. The van der Waals surface area contributed by atoms with Crippen molar-refractivity contribution in [2.24, 2.45) is 0 Å². The number of hydrogen-bond acceptors (Lipinski definition) is 4. The van der Waals surface area contributed by atoms with E-state index in [0.29, 0.717) is 10.0 Å². The van der Waals surface area contributed by atoms with Gasteiger partial charge in [0.05, 0.1) is 17.7 Å². The number of pyridine rings is 1. The second-order valence-corrected chi connectivity index (χ2v) is 5.06. The minimum absolute atomic E-state index is 0.0615. The first-order chi connectivity index (χ1) is 10.6. The van der Waals surface area contributed by atoms with Gasteiger partial charge in [-0.15, -0.1) is 0 Å². The fraction of sp³-hybridized carbons (Fsp3) is 0.133. The normalized spacial score (nSPS) is 9.86. The van der Waals surface area contributed by atoms with Gasteiger partial charge < -0.3 is 10.1 Å². The fourth-order valence-corrected chi connectivity index (χ4v) is 2.11. The third-order valence-corrected chi connectivity index (χ3v) is 3.37. The zero-order valence-corrected chi connectivity index (χ0v) is 12.9. The maximum absolute atomic E-state index is 13.5. The average molecular weight is 364 g/mol. The third-order valence-electron chi connectivity index (χ3n) is 2.68. The quantitative estimate of drug-likeness (QED) is 0.828. The topological polar surface area (TPSA) is 75.0 Å². The van der Waals surface area contributed by atoms with Gasteiger partial charge in [0, 0.05) is 10.7 Å². The molecule has 1 aromatic heterocycles. The number of ether oxygens (including phenoxy) is 1. The van der Waals surface area contributed by atoms with Crippen LogP contribution in [0, 0.1) is 17.1 Å². The van der Waals surface area contributed by atoms with E-state index in [1.54, 1.807) is 24.3 Å². The van der Waals surface area contributed by atoms with Gasteiger partial charge in [-0.1, -0.05) is 12.1 Å². The number of carbonyl (C=O) groups is 1. The Morgan fingerprint density at radius 1 is 1.45 bits per heavy atom. The van der Waals surface area contributed by atoms with Crippen molar-refractivity contribution < 1.29 is 13.9 Å². The summed E-state index contributed by atoms with van der Waals surface area (Å²) in [6.45, 7) is 0.257. The lowest BCUT2D eigenvalue weighted by Gasteiger charge is -2.08. The minimum Gasteiger partial charge on any atom is -0.474 e. The van der Waals surface area contributed by atoms with Crippen molar-refractivity contribution in [1.29, 1.82) is 5.26 Å². The van der Waals surface area contributed by atoms with Crippen molar-refractivity contribution in [1.82, 2.24) is 10.3 Å². The molecule has 2 aromatic rings. The molecule has 0 aliphatic heterocycles. The maximum Gasteiger partial charge on any atom is 0.252 e. The Morgan fingerprint density at radius 2 is 2.23 bits per heavy atom. The van der Waals surface area contributed by atoms with Crippen LogP contribution in [-0.4, -0.2) is 24.0 Å². The van der Waals surface area contributed by atoms with Crippen molar-refractivity contribution in [3.05, 3.63) is 57.9 Å². The van der Waals surface area contributed by atoms with Gasteiger partial charge in [0.15, 0.2) is 5.82 Å². The van der Waals surface area contributed by atoms with E-state index < -0.39 is 5.82 Å². The Bertz CT molecular complexity index is 731. The van der Waals surface area contributed by atoms with Crippen LogP contribution in [0.25, 0.3) is 0 Å². The van der Waals surface area contributed by atoms with Crippen molar-refractivity contribution in [3.63, 3.8) is 0 Å². The van der Waals surface area contributed by atoms with Gasteiger partial charge >= 0.3 is 0 Å². The number of carbonyl (C=O) groups excluding carboxylic acids is 1. The highest BCUT2D eigenvalue weighted by Crippen LogP contribution is 2.16. The molecule has 0 saturated carbocycles. The number of rotatable bonds is 5. The second kappa shape index (κ2) is 7.52. The first-order valence-corrected chi connectivity index (χ1v) is 7.12. The van der Waals surface area contributed by atoms with Gasteiger partial charge in [0.1, 0.15) is 12.7 Å². The standard InChI is InChI=1S/C15H11BrFN3O2/c16-12-4-2-1-3-11(12)14(21)19-5-6-22-15-13(17)7-10(8-18)9-20-15/h1-4,7,9H,5-6H2,(H,19,21). The molecule has 0 unspecified atom stereocenters. The third kappa shape index (κ3) is 4.02. The number of aromatic nitrogens is 1. The molecule has 0 atom stereocenters. The first kappa shape index (κ1) is 15.9. The van der Waals surface area contributed by atoms with Crippen LogP contribution in [0.15, 0.2) is 41.0 Å². The highest BCUT2D eigenvalue weighted by molar-refractivity contribution is 9.10. The van der Waals surface area contributed by atoms with Gasteiger partial charge in [0.25, 0.3) is 11.8 Å². The lowest BCUT2D eigenvalue weighted by molar-refractivity contribution is 0.0945. The van der Waals surface area contributed by atoms with Crippen molar-refractivity contribution in [2.75, 3.05) is 13.2 Å². The summed E-state index contributed by atoms with van der Waals surface area (Å²) in [6, 6.07) is 9.84. The molecule has 1 heterocycles. The van der Waals surface area contributed by atoms with Crippen LogP contribution in [0.2, 0.25) is 0 Å². The zero-order valence-electron chi connectivity index (χ0n) is 11.3. The van der Waals surface area contributed by atoms with E-state index in [2.05, 4.69) is 26.2 Å². The molecule has 0 saturated heterocycles. The van der Waals surface area contributed by atoms with Gasteiger partial charge in [-0.05, 0) is 34.1 Å². The average Bonchev–Trinajstić information content (AvgIpc) is 2.52. The van der Waals surface area contributed by atoms with Gasteiger partial charge in [-0.3, -0.25) is 4.79 Å². The summed E-state index contributed by atoms with van der Waals surface area (Å²) >= 11 is 3.29. The summed E-state index contributed by atoms with van der Waals surface area (Å²) in [5, 5.41) is 11.3. The Hall–Kier alpha value is -2.46. The molecule has 0 aliphatic carbocycles. The van der Waals surface area contributed by atoms with Crippen LogP contribution in [0.5, 0.6) is 5.88 Å². The van der Waals surface area contributed by atoms with Gasteiger partial charge in [0.2, 0.25) is 0 Å². The summed E-state index contributed by atoms with van der Waals surface area (Å²) in [4.78, 5) is 15.6. The number of nitriles is 1. The molecular formula is C15H11BrFN3O2. The number of nitrogens with zero attached hydrogens (tertiary/aromatic N) is 2. The number of hydrogen-bond donors (Lipinski definition) is 1. The summed E-state index contributed by atoms with van der Waals surface area (Å²) in [5.74, 6) is -1.17. The predicted octanol–water partition coefficient (Wildman–Crippen LogP) is 2.66.